The Balaban J connectivity index is 2.31. The monoisotopic (exact) mass is 189 g/mol. The minimum atomic E-state index is -0.296. The second-order valence-corrected chi connectivity index (χ2v) is 3.87. The number of β-amino-alcohol motifs (C(OH)–C–C–N with tert-alkyl or cyclic N) is 1. The zero-order chi connectivity index (χ0) is 9.68. The van der Waals surface area contributed by atoms with Gasteiger partial charge in [0.1, 0.15) is 6.67 Å². The highest BCUT2D eigenvalue weighted by Gasteiger charge is 2.29. The van der Waals surface area contributed by atoms with Crippen molar-refractivity contribution < 1.29 is 9.50 Å². The fourth-order valence-corrected chi connectivity index (χ4v) is 2.08. The summed E-state index contributed by atoms with van der Waals surface area (Å²) in [6, 6.07) is 0.422. The van der Waals surface area contributed by atoms with Crippen molar-refractivity contribution in [3.05, 3.63) is 0 Å². The molecule has 0 saturated carbocycles. The van der Waals surface area contributed by atoms with Gasteiger partial charge >= 0.3 is 0 Å². The third-order valence-corrected chi connectivity index (χ3v) is 2.77. The summed E-state index contributed by atoms with van der Waals surface area (Å²) < 4.78 is 12.1. The number of likely N-dealkylation sites (tertiary alicyclic amines) is 1. The van der Waals surface area contributed by atoms with Gasteiger partial charge in [-0.15, -0.1) is 0 Å². The molecular weight excluding hydrogens is 169 g/mol. The molecule has 1 N–H and O–H groups in total. The van der Waals surface area contributed by atoms with E-state index in [9.17, 15) is 9.50 Å². The average Bonchev–Trinajstić information content (AvgIpc) is 2.44. The predicted octanol–water partition coefficient (Wildman–Crippen LogP) is 1.58. The number of halogens is 1. The van der Waals surface area contributed by atoms with Crippen molar-refractivity contribution in [2.75, 3.05) is 19.8 Å². The van der Waals surface area contributed by atoms with E-state index < -0.39 is 0 Å². The zero-order valence-corrected chi connectivity index (χ0v) is 8.38. The van der Waals surface area contributed by atoms with Crippen molar-refractivity contribution in [2.24, 2.45) is 0 Å². The first-order valence-corrected chi connectivity index (χ1v) is 5.26. The van der Waals surface area contributed by atoms with Crippen molar-refractivity contribution in [3.63, 3.8) is 0 Å². The molecule has 0 spiro atoms. The lowest BCUT2D eigenvalue weighted by molar-refractivity contribution is 0.170. The molecule has 2 atom stereocenters. The summed E-state index contributed by atoms with van der Waals surface area (Å²) in [4.78, 5) is 2.08. The summed E-state index contributed by atoms with van der Waals surface area (Å²) in [6.07, 6.45) is 4.07. The van der Waals surface area contributed by atoms with Crippen molar-refractivity contribution in [1.82, 2.24) is 4.90 Å². The van der Waals surface area contributed by atoms with Gasteiger partial charge < -0.3 is 5.11 Å². The van der Waals surface area contributed by atoms with Gasteiger partial charge in [0.25, 0.3) is 0 Å². The molecule has 0 unspecified atom stereocenters. The predicted molar refractivity (Wildman–Crippen MR) is 51.5 cm³/mol. The van der Waals surface area contributed by atoms with Crippen LogP contribution in [0.3, 0.4) is 0 Å². The Morgan fingerprint density at radius 1 is 1.54 bits per heavy atom. The van der Waals surface area contributed by atoms with E-state index in [4.69, 9.17) is 0 Å². The molecule has 0 aliphatic carbocycles. The second-order valence-electron chi connectivity index (χ2n) is 3.87. The molecule has 1 aliphatic heterocycles. The van der Waals surface area contributed by atoms with Crippen LogP contribution in [0.2, 0.25) is 0 Å². The van der Waals surface area contributed by atoms with Crippen molar-refractivity contribution in [1.29, 1.82) is 0 Å². The van der Waals surface area contributed by atoms with Crippen LogP contribution in [0.4, 0.5) is 4.39 Å². The summed E-state index contributed by atoms with van der Waals surface area (Å²) in [6.45, 7) is 3.02. The van der Waals surface area contributed by atoms with Gasteiger partial charge in [0.2, 0.25) is 0 Å². The van der Waals surface area contributed by atoms with E-state index in [1.165, 1.54) is 12.8 Å². The van der Waals surface area contributed by atoms with Gasteiger partial charge in [0.15, 0.2) is 0 Å². The number of unbranched alkanes of at least 4 members (excludes halogenated alkanes) is 1. The van der Waals surface area contributed by atoms with Crippen molar-refractivity contribution in [2.45, 2.75) is 44.8 Å². The van der Waals surface area contributed by atoms with E-state index >= 15 is 0 Å². The van der Waals surface area contributed by atoms with Crippen LogP contribution in [0.5, 0.6) is 0 Å². The Kier molecular flexibility index (Phi) is 4.67. The lowest BCUT2D eigenvalue weighted by Gasteiger charge is -2.22. The van der Waals surface area contributed by atoms with Crippen LogP contribution in [0.1, 0.15) is 32.6 Å². The number of aliphatic hydroxyl groups is 1. The van der Waals surface area contributed by atoms with Gasteiger partial charge in [-0.2, -0.15) is 0 Å². The van der Waals surface area contributed by atoms with E-state index in [1.54, 1.807) is 0 Å². The summed E-state index contributed by atoms with van der Waals surface area (Å²) >= 11 is 0. The van der Waals surface area contributed by atoms with E-state index in [-0.39, 0.29) is 12.8 Å². The van der Waals surface area contributed by atoms with Gasteiger partial charge in [-0.25, -0.2) is 4.39 Å². The third-order valence-electron chi connectivity index (χ3n) is 2.77. The van der Waals surface area contributed by atoms with Crippen LogP contribution >= 0.6 is 0 Å². The average molecular weight is 189 g/mol. The summed E-state index contributed by atoms with van der Waals surface area (Å²) in [5.74, 6) is 0. The molecule has 1 heterocycles. The molecule has 0 aromatic carbocycles. The molecule has 78 valence electrons. The number of hydrogen-bond donors (Lipinski definition) is 1. The fraction of sp³-hybridized carbons (Fsp3) is 1.00. The Hall–Kier alpha value is -0.150. The molecule has 1 fully saturated rings. The molecule has 2 nitrogen and oxygen atoms in total. The zero-order valence-electron chi connectivity index (χ0n) is 8.38. The first kappa shape index (κ1) is 10.9. The number of nitrogens with zero attached hydrogens (tertiary/aromatic N) is 1. The molecule has 1 rings (SSSR count). The molecular formula is C10H20FNO. The molecule has 0 aromatic heterocycles. The van der Waals surface area contributed by atoms with E-state index in [0.29, 0.717) is 19.1 Å². The van der Waals surface area contributed by atoms with Crippen molar-refractivity contribution >= 4 is 0 Å². The lowest BCUT2D eigenvalue weighted by Crippen LogP contribution is -2.31. The second kappa shape index (κ2) is 5.55. The van der Waals surface area contributed by atoms with Gasteiger partial charge in [0.05, 0.1) is 6.10 Å². The van der Waals surface area contributed by atoms with Gasteiger partial charge in [-0.3, -0.25) is 4.90 Å². The first-order valence-electron chi connectivity index (χ1n) is 5.26. The molecule has 0 bridgehead atoms. The van der Waals surface area contributed by atoms with E-state index in [1.807, 2.05) is 0 Å². The third kappa shape index (κ3) is 3.24. The number of aliphatic hydroxyl groups excluding tert-OH is 1. The fourth-order valence-electron chi connectivity index (χ4n) is 2.08. The van der Waals surface area contributed by atoms with Crippen LogP contribution in [0, 0.1) is 0 Å². The summed E-state index contributed by atoms with van der Waals surface area (Å²) in [5, 5.41) is 9.43. The van der Waals surface area contributed by atoms with Crippen LogP contribution in [0.25, 0.3) is 0 Å². The van der Waals surface area contributed by atoms with Crippen LogP contribution in [0.15, 0.2) is 0 Å². The highest BCUT2D eigenvalue weighted by Crippen LogP contribution is 2.21. The number of alkyl halides is 1. The Morgan fingerprint density at radius 3 is 2.92 bits per heavy atom. The maximum Gasteiger partial charge on any atom is 0.102 e. The number of rotatable bonds is 5. The van der Waals surface area contributed by atoms with E-state index in [0.717, 1.165) is 12.8 Å². The van der Waals surface area contributed by atoms with Crippen LogP contribution in [-0.4, -0.2) is 41.9 Å². The Labute approximate surface area is 79.7 Å². The standard InChI is InChI=1S/C10H20FNO/c1-2-3-4-9-7-10(13)8-12(9)6-5-11/h9-10,13H,2-8H2,1H3/t9-,10-/m0/s1. The Morgan fingerprint density at radius 2 is 2.31 bits per heavy atom. The highest BCUT2D eigenvalue weighted by atomic mass is 19.1. The molecule has 3 heteroatoms. The molecule has 0 aromatic rings. The minimum absolute atomic E-state index is 0.228. The topological polar surface area (TPSA) is 23.5 Å². The first-order chi connectivity index (χ1) is 6.27. The normalized spacial score (nSPS) is 29.8. The van der Waals surface area contributed by atoms with Gasteiger partial charge in [0, 0.05) is 19.1 Å². The number of hydrogen-bond acceptors (Lipinski definition) is 2. The van der Waals surface area contributed by atoms with E-state index in [2.05, 4.69) is 11.8 Å². The smallest absolute Gasteiger partial charge is 0.102 e. The largest absolute Gasteiger partial charge is 0.392 e. The highest BCUT2D eigenvalue weighted by molar-refractivity contribution is 4.84. The molecule has 0 radical (unpaired) electrons. The van der Waals surface area contributed by atoms with Crippen LogP contribution in [-0.2, 0) is 0 Å². The van der Waals surface area contributed by atoms with Gasteiger partial charge in [-0.1, -0.05) is 19.8 Å². The minimum Gasteiger partial charge on any atom is -0.392 e. The molecule has 1 saturated heterocycles. The maximum atomic E-state index is 12.1. The molecule has 13 heavy (non-hydrogen) atoms. The van der Waals surface area contributed by atoms with Crippen molar-refractivity contribution in [3.8, 4) is 0 Å². The van der Waals surface area contributed by atoms with Gasteiger partial charge in [-0.05, 0) is 12.8 Å². The maximum absolute atomic E-state index is 12.1. The lowest BCUT2D eigenvalue weighted by atomic mass is 10.1. The Bertz CT molecular complexity index is 143. The molecule has 0 amide bonds. The summed E-state index contributed by atoms with van der Waals surface area (Å²) in [7, 11) is 0. The summed E-state index contributed by atoms with van der Waals surface area (Å²) in [5.41, 5.74) is 0. The van der Waals surface area contributed by atoms with Crippen LogP contribution < -0.4 is 0 Å². The SMILES string of the molecule is CCCC[C@H]1C[C@H](O)CN1CCF. The molecule has 1 aliphatic rings. The quantitative estimate of drug-likeness (QED) is 0.710.